The van der Waals surface area contributed by atoms with E-state index in [-0.39, 0.29) is 12.5 Å². The number of nitrogens with zero attached hydrogens (tertiary/aromatic N) is 1. The number of carboxylic acids is 1. The van der Waals surface area contributed by atoms with E-state index in [9.17, 15) is 4.79 Å². The minimum absolute atomic E-state index is 0.157. The molecule has 1 aliphatic rings. The molecule has 4 nitrogen and oxygen atoms in total. The maximum Gasteiger partial charge on any atom is 0.320 e. The molecule has 0 aromatic heterocycles. The van der Waals surface area contributed by atoms with Gasteiger partial charge >= 0.3 is 5.97 Å². The average Bonchev–Trinajstić information content (AvgIpc) is 2.45. The van der Waals surface area contributed by atoms with Crippen molar-refractivity contribution in [1.29, 1.82) is 0 Å². The van der Waals surface area contributed by atoms with Crippen LogP contribution in [-0.2, 0) is 4.79 Å². The van der Waals surface area contributed by atoms with E-state index in [2.05, 4.69) is 6.92 Å². The predicted molar refractivity (Wildman–Crippen MR) is 48.4 cm³/mol. The molecule has 0 spiro atoms. The molecule has 1 heterocycles. The quantitative estimate of drug-likeness (QED) is 0.654. The van der Waals surface area contributed by atoms with Crippen molar-refractivity contribution in [3.63, 3.8) is 0 Å². The molecular weight excluding hydrogens is 170 g/mol. The first kappa shape index (κ1) is 10.5. The molecule has 1 rings (SSSR count). The topological polar surface area (TPSA) is 60.8 Å². The minimum Gasteiger partial charge on any atom is -0.480 e. The molecule has 3 atom stereocenters. The van der Waals surface area contributed by atoms with Gasteiger partial charge in [0.1, 0.15) is 6.04 Å². The molecule has 13 heavy (non-hydrogen) atoms. The van der Waals surface area contributed by atoms with Crippen molar-refractivity contribution in [2.45, 2.75) is 19.9 Å². The van der Waals surface area contributed by atoms with Crippen molar-refractivity contribution in [3.8, 4) is 0 Å². The number of carboxylic acid groups (broad SMARTS) is 1. The molecule has 0 bridgehead atoms. The van der Waals surface area contributed by atoms with Gasteiger partial charge in [0.2, 0.25) is 0 Å². The summed E-state index contributed by atoms with van der Waals surface area (Å²) in [5, 5.41) is 17.8. The van der Waals surface area contributed by atoms with Gasteiger partial charge in [0, 0.05) is 19.7 Å². The summed E-state index contributed by atoms with van der Waals surface area (Å²) in [6.07, 6.45) is 0. The minimum atomic E-state index is -0.786. The van der Waals surface area contributed by atoms with Crippen molar-refractivity contribution >= 4 is 5.97 Å². The van der Waals surface area contributed by atoms with Gasteiger partial charge in [0.25, 0.3) is 0 Å². The smallest absolute Gasteiger partial charge is 0.320 e. The molecule has 0 amide bonds. The van der Waals surface area contributed by atoms with E-state index in [4.69, 9.17) is 10.2 Å². The van der Waals surface area contributed by atoms with Crippen LogP contribution >= 0.6 is 0 Å². The number of aliphatic carboxylic acids is 1. The third-order valence-electron chi connectivity index (χ3n) is 2.94. The maximum absolute atomic E-state index is 10.7. The summed E-state index contributed by atoms with van der Waals surface area (Å²) in [5.41, 5.74) is 0. The lowest BCUT2D eigenvalue weighted by Gasteiger charge is -2.19. The molecule has 76 valence electrons. The Kier molecular flexibility index (Phi) is 3.27. The van der Waals surface area contributed by atoms with Gasteiger partial charge in [-0.15, -0.1) is 0 Å². The van der Waals surface area contributed by atoms with E-state index in [1.807, 2.05) is 4.90 Å². The number of aliphatic hydroxyl groups excluding tert-OH is 1. The molecular formula is C9H17NO3. The third kappa shape index (κ3) is 2.19. The first-order chi connectivity index (χ1) is 6.06. The Morgan fingerprint density at radius 3 is 2.62 bits per heavy atom. The summed E-state index contributed by atoms with van der Waals surface area (Å²) >= 11 is 0. The van der Waals surface area contributed by atoms with Crippen LogP contribution in [0.4, 0.5) is 0 Å². The standard InChI is InChI=1S/C9H17NO3/c1-6-3-10(4-8(6)5-11)7(2)9(12)13/h6-8,11H,3-5H2,1-2H3,(H,12,13)/t6-,7-,8-/m1/s1. The van der Waals surface area contributed by atoms with Gasteiger partial charge in [0.15, 0.2) is 0 Å². The summed E-state index contributed by atoms with van der Waals surface area (Å²) in [6, 6.07) is -0.431. The van der Waals surface area contributed by atoms with Gasteiger partial charge in [-0.3, -0.25) is 9.69 Å². The van der Waals surface area contributed by atoms with Gasteiger partial charge < -0.3 is 10.2 Å². The average molecular weight is 187 g/mol. The molecule has 0 aliphatic carbocycles. The monoisotopic (exact) mass is 187 g/mol. The summed E-state index contributed by atoms with van der Waals surface area (Å²) in [7, 11) is 0. The Balaban J connectivity index is 2.52. The fourth-order valence-corrected chi connectivity index (χ4v) is 1.78. The van der Waals surface area contributed by atoms with Crippen molar-refractivity contribution in [2.24, 2.45) is 11.8 Å². The predicted octanol–water partition coefficient (Wildman–Crippen LogP) is 0.0197. The Morgan fingerprint density at radius 1 is 1.62 bits per heavy atom. The Labute approximate surface area is 78.2 Å². The highest BCUT2D eigenvalue weighted by Crippen LogP contribution is 2.23. The van der Waals surface area contributed by atoms with Crippen molar-refractivity contribution < 1.29 is 15.0 Å². The number of hydrogen-bond donors (Lipinski definition) is 2. The van der Waals surface area contributed by atoms with Gasteiger partial charge in [-0.1, -0.05) is 6.92 Å². The maximum atomic E-state index is 10.7. The van der Waals surface area contributed by atoms with Crippen LogP contribution in [0.1, 0.15) is 13.8 Å². The zero-order valence-corrected chi connectivity index (χ0v) is 8.10. The van der Waals surface area contributed by atoms with E-state index in [0.29, 0.717) is 12.5 Å². The van der Waals surface area contributed by atoms with Crippen molar-refractivity contribution in [1.82, 2.24) is 4.90 Å². The highest BCUT2D eigenvalue weighted by atomic mass is 16.4. The summed E-state index contributed by atoms with van der Waals surface area (Å²) < 4.78 is 0. The second-order valence-electron chi connectivity index (χ2n) is 3.89. The molecule has 0 saturated carbocycles. The number of rotatable bonds is 3. The lowest BCUT2D eigenvalue weighted by atomic mass is 10.00. The van der Waals surface area contributed by atoms with E-state index >= 15 is 0 Å². The first-order valence-corrected chi connectivity index (χ1v) is 4.64. The zero-order chi connectivity index (χ0) is 10.0. The van der Waals surface area contributed by atoms with Crippen LogP contribution in [0, 0.1) is 11.8 Å². The molecule has 1 aliphatic heterocycles. The van der Waals surface area contributed by atoms with Crippen LogP contribution in [0.5, 0.6) is 0 Å². The van der Waals surface area contributed by atoms with Gasteiger partial charge in [0.05, 0.1) is 0 Å². The Bertz CT molecular complexity index is 195. The Morgan fingerprint density at radius 2 is 2.23 bits per heavy atom. The van der Waals surface area contributed by atoms with E-state index in [1.165, 1.54) is 0 Å². The molecule has 2 N–H and O–H groups in total. The SMILES string of the molecule is C[C@@H]1CN([C@H](C)C(=O)O)C[C@@H]1CO. The molecule has 4 heteroatoms. The molecule has 0 aromatic rings. The Hall–Kier alpha value is -0.610. The van der Waals surface area contributed by atoms with Gasteiger partial charge in [-0.2, -0.15) is 0 Å². The van der Waals surface area contributed by atoms with Crippen molar-refractivity contribution in [3.05, 3.63) is 0 Å². The fraction of sp³-hybridized carbons (Fsp3) is 0.889. The first-order valence-electron chi connectivity index (χ1n) is 4.64. The molecule has 1 saturated heterocycles. The van der Waals surface area contributed by atoms with E-state index < -0.39 is 12.0 Å². The van der Waals surface area contributed by atoms with Crippen LogP contribution in [0.3, 0.4) is 0 Å². The van der Waals surface area contributed by atoms with E-state index in [0.717, 1.165) is 6.54 Å². The van der Waals surface area contributed by atoms with Crippen LogP contribution in [-0.4, -0.2) is 46.8 Å². The number of hydrogen-bond acceptors (Lipinski definition) is 3. The lowest BCUT2D eigenvalue weighted by molar-refractivity contribution is -0.142. The van der Waals surface area contributed by atoms with Crippen LogP contribution in [0.2, 0.25) is 0 Å². The van der Waals surface area contributed by atoms with Crippen LogP contribution < -0.4 is 0 Å². The number of carbonyl (C=O) groups is 1. The second-order valence-corrected chi connectivity index (χ2v) is 3.89. The van der Waals surface area contributed by atoms with E-state index in [1.54, 1.807) is 6.92 Å². The highest BCUT2D eigenvalue weighted by Gasteiger charge is 2.33. The molecule has 1 fully saturated rings. The largest absolute Gasteiger partial charge is 0.480 e. The van der Waals surface area contributed by atoms with Gasteiger partial charge in [-0.05, 0) is 18.8 Å². The highest BCUT2D eigenvalue weighted by molar-refractivity contribution is 5.72. The summed E-state index contributed by atoms with van der Waals surface area (Å²) in [6.45, 7) is 5.37. The lowest BCUT2D eigenvalue weighted by Crippen LogP contribution is -2.37. The van der Waals surface area contributed by atoms with Crippen LogP contribution in [0.15, 0.2) is 0 Å². The molecule has 0 aromatic carbocycles. The second kappa shape index (κ2) is 4.07. The normalized spacial score (nSPS) is 31.9. The number of likely N-dealkylation sites (tertiary alicyclic amines) is 1. The fourth-order valence-electron chi connectivity index (χ4n) is 1.78. The molecule has 0 radical (unpaired) electrons. The van der Waals surface area contributed by atoms with Crippen LogP contribution in [0.25, 0.3) is 0 Å². The summed E-state index contributed by atoms with van der Waals surface area (Å²) in [4.78, 5) is 12.6. The van der Waals surface area contributed by atoms with Gasteiger partial charge in [-0.25, -0.2) is 0 Å². The number of aliphatic hydroxyl groups is 1. The zero-order valence-electron chi connectivity index (χ0n) is 8.10. The summed E-state index contributed by atoms with van der Waals surface area (Å²) in [5.74, 6) is -0.153. The van der Waals surface area contributed by atoms with Crippen molar-refractivity contribution in [2.75, 3.05) is 19.7 Å². The molecule has 0 unspecified atom stereocenters. The third-order valence-corrected chi connectivity index (χ3v) is 2.94.